The monoisotopic (exact) mass is 259 g/mol. The van der Waals surface area contributed by atoms with Crippen molar-refractivity contribution in [1.29, 1.82) is 0 Å². The van der Waals surface area contributed by atoms with E-state index in [1.54, 1.807) is 6.07 Å². The third kappa shape index (κ3) is 1.09. The van der Waals surface area contributed by atoms with Crippen LogP contribution >= 0.6 is 22.6 Å². The van der Waals surface area contributed by atoms with Crippen molar-refractivity contribution in [3.63, 3.8) is 0 Å². The van der Waals surface area contributed by atoms with Gasteiger partial charge in [0.25, 0.3) is 0 Å². The van der Waals surface area contributed by atoms with Crippen molar-refractivity contribution in [2.45, 2.75) is 0 Å². The number of aromatic amines is 1. The van der Waals surface area contributed by atoms with Gasteiger partial charge in [-0.2, -0.15) is 0 Å². The number of halogens is 1. The lowest BCUT2D eigenvalue weighted by atomic mass is 10.2. The summed E-state index contributed by atoms with van der Waals surface area (Å²) >= 11 is 2.18. The van der Waals surface area contributed by atoms with Crippen molar-refractivity contribution in [2.24, 2.45) is 0 Å². The summed E-state index contributed by atoms with van der Waals surface area (Å²) < 4.78 is 1.04. The molecule has 56 valence electrons. The Kier molecular flexibility index (Phi) is 1.52. The Balaban J connectivity index is 2.90. The Morgan fingerprint density at radius 2 is 2.18 bits per heavy atom. The van der Waals surface area contributed by atoms with E-state index in [9.17, 15) is 5.11 Å². The summed E-state index contributed by atoms with van der Waals surface area (Å²) in [7, 11) is 0. The van der Waals surface area contributed by atoms with Crippen LogP contribution in [0, 0.1) is 3.70 Å². The van der Waals surface area contributed by atoms with Crippen LogP contribution in [0.1, 0.15) is 0 Å². The van der Waals surface area contributed by atoms with Crippen LogP contribution in [-0.4, -0.2) is 10.1 Å². The van der Waals surface area contributed by atoms with Gasteiger partial charge in [-0.3, -0.25) is 0 Å². The number of phenols is 1. The predicted octanol–water partition coefficient (Wildman–Crippen LogP) is 2.48. The van der Waals surface area contributed by atoms with Crippen LogP contribution in [-0.2, 0) is 0 Å². The normalized spacial score (nSPS) is 10.6. The van der Waals surface area contributed by atoms with Gasteiger partial charge in [0, 0.05) is 10.9 Å². The van der Waals surface area contributed by atoms with Gasteiger partial charge < -0.3 is 10.1 Å². The van der Waals surface area contributed by atoms with Crippen molar-refractivity contribution < 1.29 is 5.11 Å². The minimum atomic E-state index is 0.335. The number of H-pyrrole nitrogens is 1. The van der Waals surface area contributed by atoms with Crippen molar-refractivity contribution in [3.05, 3.63) is 28.0 Å². The molecule has 0 saturated carbocycles. The molecule has 0 unspecified atom stereocenters. The van der Waals surface area contributed by atoms with Crippen LogP contribution in [0.3, 0.4) is 0 Å². The van der Waals surface area contributed by atoms with Gasteiger partial charge in [-0.25, -0.2) is 0 Å². The first-order valence-corrected chi connectivity index (χ1v) is 4.31. The minimum Gasteiger partial charge on any atom is -0.507 e. The molecule has 0 spiro atoms. The van der Waals surface area contributed by atoms with E-state index in [-0.39, 0.29) is 0 Å². The first-order chi connectivity index (χ1) is 5.27. The van der Waals surface area contributed by atoms with E-state index in [2.05, 4.69) is 27.6 Å². The van der Waals surface area contributed by atoms with Crippen LogP contribution in [0.5, 0.6) is 5.75 Å². The summed E-state index contributed by atoms with van der Waals surface area (Å²) in [6, 6.07) is 7.37. The van der Waals surface area contributed by atoms with Crippen LogP contribution < -0.4 is 0 Å². The van der Waals surface area contributed by atoms with Gasteiger partial charge in [-0.1, -0.05) is 6.07 Å². The summed E-state index contributed by atoms with van der Waals surface area (Å²) in [6.07, 6.45) is 0. The minimum absolute atomic E-state index is 0.335. The highest BCUT2D eigenvalue weighted by Gasteiger charge is 2.00. The quantitative estimate of drug-likeness (QED) is 0.700. The van der Waals surface area contributed by atoms with E-state index < -0.39 is 0 Å². The molecule has 0 bridgehead atoms. The molecule has 3 heteroatoms. The summed E-state index contributed by atoms with van der Waals surface area (Å²) in [4.78, 5) is 3.13. The maximum absolute atomic E-state index is 9.36. The van der Waals surface area contributed by atoms with Gasteiger partial charge in [-0.15, -0.1) is 0 Å². The van der Waals surface area contributed by atoms with E-state index in [1.807, 2.05) is 18.2 Å². The number of aromatic nitrogens is 1. The fourth-order valence-corrected chi connectivity index (χ4v) is 1.71. The maximum Gasteiger partial charge on any atom is 0.124 e. The first kappa shape index (κ1) is 6.97. The zero-order valence-corrected chi connectivity index (χ0v) is 7.79. The number of hydrogen-bond acceptors (Lipinski definition) is 1. The van der Waals surface area contributed by atoms with Crippen LogP contribution in [0.2, 0.25) is 0 Å². The summed E-state index contributed by atoms with van der Waals surface area (Å²) in [5.74, 6) is 0.335. The predicted molar refractivity (Wildman–Crippen MR) is 52.7 cm³/mol. The second-order valence-electron chi connectivity index (χ2n) is 2.36. The first-order valence-electron chi connectivity index (χ1n) is 3.23. The number of phenolic OH excluding ortho intramolecular Hbond substituents is 1. The Bertz CT molecular complexity index is 394. The molecule has 0 radical (unpaired) electrons. The second-order valence-corrected chi connectivity index (χ2v) is 3.52. The van der Waals surface area contributed by atoms with Crippen LogP contribution in [0.25, 0.3) is 10.9 Å². The van der Waals surface area contributed by atoms with E-state index in [0.29, 0.717) is 5.75 Å². The Labute approximate surface area is 77.4 Å². The van der Waals surface area contributed by atoms with E-state index in [4.69, 9.17) is 0 Å². The number of nitrogens with one attached hydrogen (secondary N) is 1. The highest BCUT2D eigenvalue weighted by atomic mass is 127. The zero-order chi connectivity index (χ0) is 7.84. The lowest BCUT2D eigenvalue weighted by Gasteiger charge is -1.91. The molecular weight excluding hydrogens is 253 g/mol. The molecule has 0 saturated heterocycles. The number of fused-ring (bicyclic) bond motifs is 1. The van der Waals surface area contributed by atoms with Gasteiger partial charge in [0.05, 0.1) is 3.70 Å². The third-order valence-electron chi connectivity index (χ3n) is 1.61. The molecule has 0 aliphatic rings. The SMILES string of the molecule is Oc1cccc2[nH]c(I)cc12. The topological polar surface area (TPSA) is 36.0 Å². The van der Waals surface area contributed by atoms with Crippen molar-refractivity contribution >= 4 is 33.5 Å². The summed E-state index contributed by atoms with van der Waals surface area (Å²) in [5.41, 5.74) is 0.981. The average Bonchev–Trinajstić information content (AvgIpc) is 2.31. The number of benzene rings is 1. The highest BCUT2D eigenvalue weighted by molar-refractivity contribution is 14.1. The van der Waals surface area contributed by atoms with Gasteiger partial charge in [0.15, 0.2) is 0 Å². The molecule has 1 heterocycles. The molecule has 1 aromatic heterocycles. The molecule has 2 aromatic rings. The van der Waals surface area contributed by atoms with Crippen molar-refractivity contribution in [1.82, 2.24) is 4.98 Å². The highest BCUT2D eigenvalue weighted by Crippen LogP contribution is 2.25. The van der Waals surface area contributed by atoms with Crippen LogP contribution in [0.15, 0.2) is 24.3 Å². The van der Waals surface area contributed by atoms with E-state index >= 15 is 0 Å². The fourth-order valence-electron chi connectivity index (χ4n) is 1.11. The summed E-state index contributed by atoms with van der Waals surface area (Å²) in [5, 5.41) is 10.2. The van der Waals surface area contributed by atoms with Gasteiger partial charge >= 0.3 is 0 Å². The number of hydrogen-bond donors (Lipinski definition) is 2. The molecule has 1 aromatic carbocycles. The number of rotatable bonds is 0. The summed E-state index contributed by atoms with van der Waals surface area (Å²) in [6.45, 7) is 0. The zero-order valence-electron chi connectivity index (χ0n) is 5.63. The van der Waals surface area contributed by atoms with Crippen molar-refractivity contribution in [3.8, 4) is 5.75 Å². The molecule has 0 fully saturated rings. The fraction of sp³-hybridized carbons (Fsp3) is 0. The van der Waals surface area contributed by atoms with Crippen LogP contribution in [0.4, 0.5) is 0 Å². The molecule has 0 aliphatic heterocycles. The van der Waals surface area contributed by atoms with Gasteiger partial charge in [0.2, 0.25) is 0 Å². The average molecular weight is 259 g/mol. The lowest BCUT2D eigenvalue weighted by Crippen LogP contribution is -1.67. The van der Waals surface area contributed by atoms with Crippen molar-refractivity contribution in [2.75, 3.05) is 0 Å². The number of aromatic hydroxyl groups is 1. The smallest absolute Gasteiger partial charge is 0.124 e. The molecule has 2 N–H and O–H groups in total. The molecule has 2 rings (SSSR count). The second kappa shape index (κ2) is 2.41. The largest absolute Gasteiger partial charge is 0.507 e. The Morgan fingerprint density at radius 1 is 1.36 bits per heavy atom. The third-order valence-corrected chi connectivity index (χ3v) is 2.19. The molecule has 0 aliphatic carbocycles. The molecule has 2 nitrogen and oxygen atoms in total. The van der Waals surface area contributed by atoms with E-state index in [1.165, 1.54) is 0 Å². The maximum atomic E-state index is 9.36. The Morgan fingerprint density at radius 3 is 2.91 bits per heavy atom. The molecule has 0 amide bonds. The standard InChI is InChI=1S/C8H6INO/c9-8-4-5-6(10-8)2-1-3-7(5)11/h1-4,10-11H. The molecule has 11 heavy (non-hydrogen) atoms. The Hall–Kier alpha value is -0.710. The van der Waals surface area contributed by atoms with Gasteiger partial charge in [0.1, 0.15) is 5.75 Å². The molecular formula is C8H6INO. The van der Waals surface area contributed by atoms with E-state index in [0.717, 1.165) is 14.6 Å². The van der Waals surface area contributed by atoms with Gasteiger partial charge in [-0.05, 0) is 40.8 Å². The molecule has 0 atom stereocenters. The lowest BCUT2D eigenvalue weighted by molar-refractivity contribution is 0.481.